The van der Waals surface area contributed by atoms with Crippen molar-refractivity contribution in [2.75, 3.05) is 46.9 Å². The quantitative estimate of drug-likeness (QED) is 0.744. The molecule has 0 aromatic carbocycles. The Hall–Kier alpha value is -0.160. The van der Waals surface area contributed by atoms with E-state index in [1.54, 1.807) is 0 Å². The van der Waals surface area contributed by atoms with Crippen LogP contribution in [0.4, 0.5) is 0 Å². The van der Waals surface area contributed by atoms with E-state index < -0.39 is 0 Å². The van der Waals surface area contributed by atoms with E-state index in [-0.39, 0.29) is 5.54 Å². The smallest absolute Gasteiger partial charge is 0.0663 e. The first-order valence-electron chi connectivity index (χ1n) is 6.37. The molecule has 2 aliphatic rings. The second-order valence-corrected chi connectivity index (χ2v) is 5.40. The second kappa shape index (κ2) is 5.00. The SMILES string of the molecule is CN1CCCC(N(C)C2(CN)CCOC2)C1. The Kier molecular flexibility index (Phi) is 3.85. The van der Waals surface area contributed by atoms with Gasteiger partial charge >= 0.3 is 0 Å². The van der Waals surface area contributed by atoms with Crippen LogP contribution in [0.25, 0.3) is 0 Å². The molecule has 2 aliphatic heterocycles. The molecule has 16 heavy (non-hydrogen) atoms. The van der Waals surface area contributed by atoms with Gasteiger partial charge in [0.25, 0.3) is 0 Å². The van der Waals surface area contributed by atoms with Gasteiger partial charge in [-0.1, -0.05) is 0 Å². The highest BCUT2D eigenvalue weighted by molar-refractivity contribution is 4.97. The number of nitrogens with zero attached hydrogens (tertiary/aromatic N) is 2. The summed E-state index contributed by atoms with van der Waals surface area (Å²) >= 11 is 0. The predicted molar refractivity (Wildman–Crippen MR) is 65.5 cm³/mol. The third kappa shape index (κ3) is 2.25. The monoisotopic (exact) mass is 227 g/mol. The van der Waals surface area contributed by atoms with E-state index in [2.05, 4.69) is 23.9 Å². The summed E-state index contributed by atoms with van der Waals surface area (Å²) in [7, 11) is 4.44. The third-order valence-electron chi connectivity index (χ3n) is 4.36. The predicted octanol–water partition coefficient (Wildman–Crippen LogP) is 0.130. The Bertz CT molecular complexity index is 228. The van der Waals surface area contributed by atoms with Crippen LogP contribution in [-0.2, 0) is 4.74 Å². The highest BCUT2D eigenvalue weighted by Crippen LogP contribution is 2.28. The maximum atomic E-state index is 5.98. The van der Waals surface area contributed by atoms with Crippen molar-refractivity contribution >= 4 is 0 Å². The van der Waals surface area contributed by atoms with Gasteiger partial charge in [0.1, 0.15) is 0 Å². The van der Waals surface area contributed by atoms with Gasteiger partial charge in [0.15, 0.2) is 0 Å². The number of hydrogen-bond donors (Lipinski definition) is 1. The normalized spacial score (nSPS) is 37.1. The maximum Gasteiger partial charge on any atom is 0.0663 e. The Morgan fingerprint density at radius 3 is 2.94 bits per heavy atom. The Morgan fingerprint density at radius 1 is 1.56 bits per heavy atom. The van der Waals surface area contributed by atoms with Crippen LogP contribution in [0, 0.1) is 0 Å². The number of likely N-dealkylation sites (N-methyl/N-ethyl adjacent to an activating group) is 2. The summed E-state index contributed by atoms with van der Waals surface area (Å²) in [6, 6.07) is 0.643. The molecule has 4 nitrogen and oxygen atoms in total. The summed E-state index contributed by atoms with van der Waals surface area (Å²) in [5, 5.41) is 0. The van der Waals surface area contributed by atoms with Gasteiger partial charge in [0, 0.05) is 25.7 Å². The summed E-state index contributed by atoms with van der Waals surface area (Å²) in [6.45, 7) is 4.78. The molecule has 4 heteroatoms. The molecule has 0 bridgehead atoms. The van der Waals surface area contributed by atoms with Crippen LogP contribution >= 0.6 is 0 Å². The Morgan fingerprint density at radius 2 is 2.38 bits per heavy atom. The van der Waals surface area contributed by atoms with Crippen molar-refractivity contribution in [1.29, 1.82) is 0 Å². The molecule has 0 aliphatic carbocycles. The van der Waals surface area contributed by atoms with Crippen molar-refractivity contribution in [2.45, 2.75) is 30.8 Å². The minimum absolute atomic E-state index is 0.100. The largest absolute Gasteiger partial charge is 0.379 e. The van der Waals surface area contributed by atoms with E-state index in [4.69, 9.17) is 10.5 Å². The fraction of sp³-hybridized carbons (Fsp3) is 1.00. The van der Waals surface area contributed by atoms with Crippen LogP contribution in [0.1, 0.15) is 19.3 Å². The molecule has 2 heterocycles. The Labute approximate surface area is 98.7 Å². The van der Waals surface area contributed by atoms with Gasteiger partial charge in [-0.2, -0.15) is 0 Å². The second-order valence-electron chi connectivity index (χ2n) is 5.40. The Balaban J connectivity index is 2.01. The lowest BCUT2D eigenvalue weighted by Gasteiger charge is -2.45. The van der Waals surface area contributed by atoms with Gasteiger partial charge in [-0.05, 0) is 39.9 Å². The van der Waals surface area contributed by atoms with E-state index in [0.29, 0.717) is 12.6 Å². The third-order valence-corrected chi connectivity index (χ3v) is 4.36. The van der Waals surface area contributed by atoms with E-state index in [1.807, 2.05) is 0 Å². The fourth-order valence-corrected chi connectivity index (χ4v) is 3.02. The van der Waals surface area contributed by atoms with Gasteiger partial charge in [-0.15, -0.1) is 0 Å². The summed E-state index contributed by atoms with van der Waals surface area (Å²) in [5.74, 6) is 0. The summed E-state index contributed by atoms with van der Waals surface area (Å²) < 4.78 is 5.55. The van der Waals surface area contributed by atoms with Crippen LogP contribution in [0.3, 0.4) is 0 Å². The van der Waals surface area contributed by atoms with Crippen molar-refractivity contribution in [3.05, 3.63) is 0 Å². The molecule has 0 aromatic heterocycles. The van der Waals surface area contributed by atoms with Crippen LogP contribution in [0.5, 0.6) is 0 Å². The molecule has 0 radical (unpaired) electrons. The number of nitrogens with two attached hydrogens (primary N) is 1. The first-order valence-corrected chi connectivity index (χ1v) is 6.37. The number of rotatable bonds is 3. The molecule has 0 amide bonds. The molecule has 0 aromatic rings. The van der Waals surface area contributed by atoms with Gasteiger partial charge in [0.2, 0.25) is 0 Å². The molecule has 2 fully saturated rings. The van der Waals surface area contributed by atoms with Crippen LogP contribution in [-0.4, -0.2) is 68.3 Å². The van der Waals surface area contributed by atoms with Gasteiger partial charge in [-0.3, -0.25) is 4.90 Å². The number of piperidine rings is 1. The van der Waals surface area contributed by atoms with E-state index in [0.717, 1.165) is 26.2 Å². The summed E-state index contributed by atoms with van der Waals surface area (Å²) in [4.78, 5) is 4.92. The zero-order valence-electron chi connectivity index (χ0n) is 10.6. The molecular weight excluding hydrogens is 202 g/mol. The van der Waals surface area contributed by atoms with E-state index in [9.17, 15) is 0 Å². The fourth-order valence-electron chi connectivity index (χ4n) is 3.02. The number of ether oxygens (including phenoxy) is 1. The highest BCUT2D eigenvalue weighted by Gasteiger charge is 2.41. The molecular formula is C12H25N3O. The van der Waals surface area contributed by atoms with Crippen LogP contribution in [0.15, 0.2) is 0 Å². The molecule has 2 N–H and O–H groups in total. The average Bonchev–Trinajstić information content (AvgIpc) is 2.78. The average molecular weight is 227 g/mol. The first-order chi connectivity index (χ1) is 7.68. The van der Waals surface area contributed by atoms with Crippen molar-refractivity contribution < 1.29 is 4.74 Å². The van der Waals surface area contributed by atoms with Gasteiger partial charge in [0.05, 0.1) is 12.1 Å². The molecule has 0 spiro atoms. The standard InChI is InChI=1S/C12H25N3O/c1-14-6-3-4-11(8-14)15(2)12(9-13)5-7-16-10-12/h11H,3-10,13H2,1-2H3. The molecule has 2 saturated heterocycles. The van der Waals surface area contributed by atoms with Crippen molar-refractivity contribution in [3.63, 3.8) is 0 Å². The van der Waals surface area contributed by atoms with Crippen molar-refractivity contribution in [2.24, 2.45) is 5.73 Å². The maximum absolute atomic E-state index is 5.98. The lowest BCUT2D eigenvalue weighted by Crippen LogP contribution is -2.59. The zero-order valence-corrected chi connectivity index (χ0v) is 10.6. The summed E-state index contributed by atoms with van der Waals surface area (Å²) in [6.07, 6.45) is 3.68. The molecule has 2 unspecified atom stereocenters. The molecule has 2 atom stereocenters. The molecule has 94 valence electrons. The lowest BCUT2D eigenvalue weighted by atomic mass is 9.92. The minimum Gasteiger partial charge on any atom is -0.379 e. The van der Waals surface area contributed by atoms with Gasteiger partial charge < -0.3 is 15.4 Å². The van der Waals surface area contributed by atoms with Gasteiger partial charge in [-0.25, -0.2) is 0 Å². The van der Waals surface area contributed by atoms with Crippen molar-refractivity contribution in [3.8, 4) is 0 Å². The highest BCUT2D eigenvalue weighted by atomic mass is 16.5. The zero-order chi connectivity index (χ0) is 11.6. The minimum atomic E-state index is 0.100. The molecule has 2 rings (SSSR count). The topological polar surface area (TPSA) is 41.7 Å². The van der Waals surface area contributed by atoms with Crippen molar-refractivity contribution in [1.82, 2.24) is 9.80 Å². The van der Waals surface area contributed by atoms with Crippen LogP contribution in [0.2, 0.25) is 0 Å². The van der Waals surface area contributed by atoms with E-state index >= 15 is 0 Å². The number of hydrogen-bond acceptors (Lipinski definition) is 4. The number of likely N-dealkylation sites (tertiary alicyclic amines) is 1. The lowest BCUT2D eigenvalue weighted by molar-refractivity contribution is 0.0292. The molecule has 0 saturated carbocycles. The van der Waals surface area contributed by atoms with E-state index in [1.165, 1.54) is 19.4 Å². The first kappa shape index (κ1) is 12.3. The van der Waals surface area contributed by atoms with Crippen LogP contribution < -0.4 is 5.73 Å². The summed E-state index contributed by atoms with van der Waals surface area (Å²) in [5.41, 5.74) is 6.08.